The minimum Gasteiger partial charge on any atom is -0.480 e. The first kappa shape index (κ1) is 16.3. The van der Waals surface area contributed by atoms with Crippen molar-refractivity contribution >= 4 is 17.7 Å². The molecule has 3 heterocycles. The SMILES string of the molecule is Cc1nc2ncnn2c(C)c1CCC(=O)N1CCOC[C@@H]1C(=O)O. The zero-order valence-electron chi connectivity index (χ0n) is 13.6. The molecule has 1 fully saturated rings. The Morgan fingerprint density at radius 3 is 2.96 bits per heavy atom. The third-order valence-corrected chi connectivity index (χ3v) is 4.31. The van der Waals surface area contributed by atoms with Gasteiger partial charge in [0.2, 0.25) is 5.91 Å². The van der Waals surface area contributed by atoms with Crippen molar-refractivity contribution in [3.05, 3.63) is 23.3 Å². The van der Waals surface area contributed by atoms with E-state index in [4.69, 9.17) is 4.74 Å². The van der Waals surface area contributed by atoms with Gasteiger partial charge in [0.05, 0.1) is 13.2 Å². The first-order valence-electron chi connectivity index (χ1n) is 7.75. The van der Waals surface area contributed by atoms with Crippen molar-refractivity contribution in [2.45, 2.75) is 32.7 Å². The Kier molecular flexibility index (Phi) is 4.43. The molecule has 3 rings (SSSR count). The summed E-state index contributed by atoms with van der Waals surface area (Å²) in [5.41, 5.74) is 2.62. The fraction of sp³-hybridized carbons (Fsp3) is 0.533. The summed E-state index contributed by atoms with van der Waals surface area (Å²) < 4.78 is 6.80. The maximum atomic E-state index is 12.5. The van der Waals surface area contributed by atoms with Gasteiger partial charge in [0, 0.05) is 24.4 Å². The zero-order valence-corrected chi connectivity index (χ0v) is 13.6. The average Bonchev–Trinajstić information content (AvgIpc) is 3.02. The molecule has 0 saturated carbocycles. The van der Waals surface area contributed by atoms with Crippen LogP contribution < -0.4 is 0 Å². The number of rotatable bonds is 4. The van der Waals surface area contributed by atoms with Crippen LogP contribution in [0.25, 0.3) is 5.78 Å². The molecule has 9 nitrogen and oxygen atoms in total. The van der Waals surface area contributed by atoms with Crippen LogP contribution >= 0.6 is 0 Å². The van der Waals surface area contributed by atoms with Crippen molar-refractivity contribution in [1.82, 2.24) is 24.5 Å². The fourth-order valence-corrected chi connectivity index (χ4v) is 3.00. The normalized spacial score (nSPS) is 18.1. The molecule has 0 radical (unpaired) electrons. The predicted octanol–water partition coefficient (Wildman–Crippen LogP) is -0.0143. The van der Waals surface area contributed by atoms with Crippen LogP contribution in [0.1, 0.15) is 23.4 Å². The van der Waals surface area contributed by atoms with Gasteiger partial charge in [-0.2, -0.15) is 10.1 Å². The van der Waals surface area contributed by atoms with Crippen LogP contribution in [0.15, 0.2) is 6.33 Å². The van der Waals surface area contributed by atoms with Gasteiger partial charge in [-0.15, -0.1) is 0 Å². The number of hydrogen-bond donors (Lipinski definition) is 1. The van der Waals surface area contributed by atoms with Gasteiger partial charge < -0.3 is 14.7 Å². The van der Waals surface area contributed by atoms with Gasteiger partial charge >= 0.3 is 5.97 Å². The number of carboxylic acid groups (broad SMARTS) is 1. The Balaban J connectivity index is 1.75. The molecule has 9 heteroatoms. The number of carboxylic acids is 1. The molecule has 1 saturated heterocycles. The van der Waals surface area contributed by atoms with Gasteiger partial charge in [-0.1, -0.05) is 0 Å². The molecule has 0 bridgehead atoms. The quantitative estimate of drug-likeness (QED) is 0.837. The largest absolute Gasteiger partial charge is 0.480 e. The summed E-state index contributed by atoms with van der Waals surface area (Å²) >= 11 is 0. The van der Waals surface area contributed by atoms with Crippen LogP contribution in [0.4, 0.5) is 0 Å². The van der Waals surface area contributed by atoms with Crippen molar-refractivity contribution < 1.29 is 19.4 Å². The smallest absolute Gasteiger partial charge is 0.328 e. The molecule has 0 unspecified atom stereocenters. The lowest BCUT2D eigenvalue weighted by Gasteiger charge is -2.33. The highest BCUT2D eigenvalue weighted by Crippen LogP contribution is 2.17. The molecule has 0 aliphatic carbocycles. The summed E-state index contributed by atoms with van der Waals surface area (Å²) in [4.78, 5) is 33.6. The Morgan fingerprint density at radius 1 is 1.42 bits per heavy atom. The standard InChI is InChI=1S/C15H19N5O4/c1-9-11(10(2)20-15(18-9)16-8-17-20)3-4-13(21)19-5-6-24-7-12(19)14(22)23/h8,12H,3-7H2,1-2H3,(H,22,23)/t12-/m1/s1. The number of nitrogens with zero attached hydrogens (tertiary/aromatic N) is 5. The average molecular weight is 333 g/mol. The Morgan fingerprint density at radius 2 is 2.21 bits per heavy atom. The highest BCUT2D eigenvalue weighted by Gasteiger charge is 2.32. The van der Waals surface area contributed by atoms with Crippen molar-refractivity contribution in [2.75, 3.05) is 19.8 Å². The van der Waals surface area contributed by atoms with Crippen molar-refractivity contribution in [3.63, 3.8) is 0 Å². The number of aryl methyl sites for hydroxylation is 2. The van der Waals surface area contributed by atoms with Crippen LogP contribution in [-0.4, -0.2) is 67.3 Å². The lowest BCUT2D eigenvalue weighted by molar-refractivity contribution is -0.158. The maximum Gasteiger partial charge on any atom is 0.328 e. The molecule has 1 atom stereocenters. The van der Waals surface area contributed by atoms with Crippen molar-refractivity contribution in [3.8, 4) is 0 Å². The number of carbonyl (C=O) groups excluding carboxylic acids is 1. The number of ether oxygens (including phenoxy) is 1. The molecule has 1 aliphatic rings. The van der Waals surface area contributed by atoms with E-state index < -0.39 is 12.0 Å². The highest BCUT2D eigenvalue weighted by molar-refractivity contribution is 5.84. The van der Waals surface area contributed by atoms with Gasteiger partial charge in [0.25, 0.3) is 5.78 Å². The second kappa shape index (κ2) is 6.52. The van der Waals surface area contributed by atoms with E-state index in [9.17, 15) is 14.7 Å². The molecule has 1 amide bonds. The summed E-state index contributed by atoms with van der Waals surface area (Å²) in [6.45, 7) is 4.47. The molecule has 2 aromatic rings. The molecule has 1 aliphatic heterocycles. The minimum absolute atomic E-state index is 0.0333. The molecule has 0 aromatic carbocycles. The fourth-order valence-electron chi connectivity index (χ4n) is 3.00. The number of fused-ring (bicyclic) bond motifs is 1. The summed E-state index contributed by atoms with van der Waals surface area (Å²) in [7, 11) is 0. The molecule has 128 valence electrons. The maximum absolute atomic E-state index is 12.5. The predicted molar refractivity (Wildman–Crippen MR) is 82.5 cm³/mol. The van der Waals surface area contributed by atoms with Crippen molar-refractivity contribution in [2.24, 2.45) is 0 Å². The number of carbonyl (C=O) groups is 2. The summed E-state index contributed by atoms with van der Waals surface area (Å²) in [5, 5.41) is 13.3. The molecular weight excluding hydrogens is 314 g/mol. The Labute approximate surface area is 138 Å². The number of hydrogen-bond acceptors (Lipinski definition) is 6. The lowest BCUT2D eigenvalue weighted by atomic mass is 10.1. The van der Waals surface area contributed by atoms with Gasteiger partial charge in [-0.05, 0) is 25.8 Å². The number of morpholine rings is 1. The number of aromatic nitrogens is 4. The third-order valence-electron chi connectivity index (χ3n) is 4.31. The molecule has 1 N–H and O–H groups in total. The summed E-state index contributed by atoms with van der Waals surface area (Å²) in [6.07, 6.45) is 2.13. The number of amides is 1. The highest BCUT2D eigenvalue weighted by atomic mass is 16.5. The second-order valence-electron chi connectivity index (χ2n) is 5.75. The van der Waals surface area contributed by atoms with E-state index in [2.05, 4.69) is 15.1 Å². The second-order valence-corrected chi connectivity index (χ2v) is 5.75. The third kappa shape index (κ3) is 2.94. The van der Waals surface area contributed by atoms with E-state index in [1.54, 1.807) is 4.52 Å². The van der Waals surface area contributed by atoms with Gasteiger partial charge in [0.1, 0.15) is 6.33 Å². The van der Waals surface area contributed by atoms with Crippen LogP contribution in [0.2, 0.25) is 0 Å². The number of aliphatic carboxylic acids is 1. The summed E-state index contributed by atoms with van der Waals surface area (Å²) in [5.74, 6) is -0.705. The molecule has 2 aromatic heterocycles. The van der Waals surface area contributed by atoms with Crippen LogP contribution in [0, 0.1) is 13.8 Å². The monoisotopic (exact) mass is 333 g/mol. The topological polar surface area (TPSA) is 110 Å². The van der Waals surface area contributed by atoms with E-state index in [-0.39, 0.29) is 18.9 Å². The molecular formula is C15H19N5O4. The lowest BCUT2D eigenvalue weighted by Crippen LogP contribution is -2.52. The van der Waals surface area contributed by atoms with Crippen LogP contribution in [-0.2, 0) is 20.7 Å². The molecule has 24 heavy (non-hydrogen) atoms. The van der Waals surface area contributed by atoms with E-state index in [1.165, 1.54) is 11.2 Å². The van der Waals surface area contributed by atoms with Gasteiger partial charge in [-0.25, -0.2) is 14.3 Å². The van der Waals surface area contributed by atoms with Crippen molar-refractivity contribution in [1.29, 1.82) is 0 Å². The van der Waals surface area contributed by atoms with E-state index in [0.29, 0.717) is 25.4 Å². The van der Waals surface area contributed by atoms with E-state index >= 15 is 0 Å². The Hall–Kier alpha value is -2.55. The van der Waals surface area contributed by atoms with Crippen LogP contribution in [0.5, 0.6) is 0 Å². The Bertz CT molecular complexity index is 788. The molecule has 0 spiro atoms. The van der Waals surface area contributed by atoms with Gasteiger partial charge in [-0.3, -0.25) is 4.79 Å². The van der Waals surface area contributed by atoms with E-state index in [1.807, 2.05) is 13.8 Å². The summed E-state index contributed by atoms with van der Waals surface area (Å²) in [6, 6.07) is -0.913. The van der Waals surface area contributed by atoms with Crippen LogP contribution in [0.3, 0.4) is 0 Å². The minimum atomic E-state index is -1.04. The zero-order chi connectivity index (χ0) is 17.3. The first-order chi connectivity index (χ1) is 11.5. The first-order valence-corrected chi connectivity index (χ1v) is 7.75. The van der Waals surface area contributed by atoms with Gasteiger partial charge in [0.15, 0.2) is 6.04 Å². The van der Waals surface area contributed by atoms with E-state index in [0.717, 1.165) is 17.0 Å².